The van der Waals surface area contributed by atoms with Crippen molar-refractivity contribution in [1.29, 1.82) is 0 Å². The maximum Gasteiger partial charge on any atom is -0.00457 e. The lowest BCUT2D eigenvalue weighted by atomic mass is 10.1. The van der Waals surface area contributed by atoms with Crippen LogP contribution in [-0.4, -0.2) is 13.1 Å². The topological polar surface area (TPSA) is 12.0 Å². The summed E-state index contributed by atoms with van der Waals surface area (Å²) in [6, 6.07) is 0. The quantitative estimate of drug-likeness (QED) is 0.581. The van der Waals surface area contributed by atoms with E-state index in [0.717, 1.165) is 6.54 Å². The van der Waals surface area contributed by atoms with Crippen LogP contribution in [0.25, 0.3) is 0 Å². The van der Waals surface area contributed by atoms with Crippen LogP contribution in [0.3, 0.4) is 0 Å². The van der Waals surface area contributed by atoms with Gasteiger partial charge in [-0.25, -0.2) is 0 Å². The van der Waals surface area contributed by atoms with E-state index in [1.54, 1.807) is 0 Å². The molecular formula is C13H23N. The Bertz CT molecular complexity index is 162. The highest BCUT2D eigenvalue weighted by Crippen LogP contribution is 2.05. The minimum atomic E-state index is 1.16. The molecule has 0 unspecified atom stereocenters. The van der Waals surface area contributed by atoms with E-state index in [4.69, 9.17) is 0 Å². The maximum absolute atomic E-state index is 3.48. The number of hydrogen-bond donors (Lipinski definition) is 1. The first-order valence-electron chi connectivity index (χ1n) is 6.10. The van der Waals surface area contributed by atoms with E-state index in [0.29, 0.717) is 0 Å². The van der Waals surface area contributed by atoms with E-state index in [2.05, 4.69) is 23.2 Å². The summed E-state index contributed by atoms with van der Waals surface area (Å²) in [5.74, 6) is 0. The van der Waals surface area contributed by atoms with Gasteiger partial charge in [0, 0.05) is 0 Å². The van der Waals surface area contributed by atoms with Crippen LogP contribution in [0.4, 0.5) is 0 Å². The van der Waals surface area contributed by atoms with Crippen molar-refractivity contribution < 1.29 is 0 Å². The molecule has 0 fully saturated rings. The summed E-state index contributed by atoms with van der Waals surface area (Å²) >= 11 is 0. The minimum Gasteiger partial charge on any atom is -0.317 e. The lowest BCUT2D eigenvalue weighted by molar-refractivity contribution is 0.569. The predicted octanol–water partition coefficient (Wildman–Crippen LogP) is 3.42. The Morgan fingerprint density at radius 1 is 0.714 bits per heavy atom. The van der Waals surface area contributed by atoms with Crippen LogP contribution in [0, 0.1) is 0 Å². The minimum absolute atomic E-state index is 1.16. The molecule has 1 heteroatoms. The summed E-state index contributed by atoms with van der Waals surface area (Å²) < 4.78 is 0. The third-order valence-electron chi connectivity index (χ3n) is 2.64. The Hall–Kier alpha value is -0.520. The van der Waals surface area contributed by atoms with Gasteiger partial charge in [-0.1, -0.05) is 19.3 Å². The highest BCUT2D eigenvalue weighted by Gasteiger charge is 1.91. The Morgan fingerprint density at radius 3 is 2.29 bits per heavy atom. The highest BCUT2D eigenvalue weighted by atomic mass is 14.8. The number of rotatable bonds is 0. The summed E-state index contributed by atoms with van der Waals surface area (Å²) in [6.45, 7) is 2.37. The van der Waals surface area contributed by atoms with Crippen molar-refractivity contribution >= 4 is 0 Å². The molecule has 1 aliphatic rings. The van der Waals surface area contributed by atoms with Crippen LogP contribution < -0.4 is 5.32 Å². The lowest BCUT2D eigenvalue weighted by Gasteiger charge is -2.03. The molecule has 80 valence electrons. The molecule has 0 atom stereocenters. The molecule has 0 spiro atoms. The average molecular weight is 193 g/mol. The molecule has 14 heavy (non-hydrogen) atoms. The van der Waals surface area contributed by atoms with Gasteiger partial charge in [-0.15, -0.1) is 5.73 Å². The smallest absolute Gasteiger partial charge is 0.00457 e. The molecular weight excluding hydrogens is 170 g/mol. The maximum atomic E-state index is 3.48. The summed E-state index contributed by atoms with van der Waals surface area (Å²) in [4.78, 5) is 0. The third kappa shape index (κ3) is 6.94. The van der Waals surface area contributed by atoms with Gasteiger partial charge in [-0.3, -0.25) is 0 Å². The van der Waals surface area contributed by atoms with Gasteiger partial charge in [0.1, 0.15) is 0 Å². The zero-order valence-corrected chi connectivity index (χ0v) is 9.23. The fourth-order valence-electron chi connectivity index (χ4n) is 1.73. The van der Waals surface area contributed by atoms with Gasteiger partial charge in [-0.2, -0.15) is 0 Å². The van der Waals surface area contributed by atoms with Crippen molar-refractivity contribution in [2.24, 2.45) is 0 Å². The standard InChI is InChI=1S/C13H23N/c1-2-4-6-8-10-12-14-13-11-9-7-5-3-1/h2,6,14H,1,3,5,7-13H2. The van der Waals surface area contributed by atoms with Crippen molar-refractivity contribution in [3.05, 3.63) is 17.9 Å². The van der Waals surface area contributed by atoms with Crippen molar-refractivity contribution in [3.63, 3.8) is 0 Å². The largest absolute Gasteiger partial charge is 0.317 e. The second-order valence-electron chi connectivity index (χ2n) is 4.02. The van der Waals surface area contributed by atoms with Crippen LogP contribution in [0.15, 0.2) is 17.9 Å². The molecule has 0 radical (unpaired) electrons. The Morgan fingerprint density at radius 2 is 1.36 bits per heavy atom. The van der Waals surface area contributed by atoms with E-state index >= 15 is 0 Å². The molecule has 1 nitrogen and oxygen atoms in total. The van der Waals surface area contributed by atoms with Gasteiger partial charge in [0.05, 0.1) is 0 Å². The number of allylic oxidation sites excluding steroid dienone is 1. The molecule has 0 aromatic heterocycles. The molecule has 0 amide bonds. The SMILES string of the molecule is C1=CCCCCCCCNCCCC=1. The first-order chi connectivity index (χ1) is 7.00. The van der Waals surface area contributed by atoms with Crippen molar-refractivity contribution in [1.82, 2.24) is 5.32 Å². The fraction of sp³-hybridized carbons (Fsp3) is 0.769. The molecule has 0 aliphatic carbocycles. The Kier molecular flexibility index (Phi) is 7.47. The normalized spacial score (nSPS) is 21.7. The number of hydrogen-bond acceptors (Lipinski definition) is 1. The molecule has 0 saturated heterocycles. The summed E-state index contributed by atoms with van der Waals surface area (Å²) in [5.41, 5.74) is 3.26. The zero-order valence-electron chi connectivity index (χ0n) is 9.23. The molecule has 0 saturated carbocycles. The Balaban J connectivity index is 2.18. The van der Waals surface area contributed by atoms with E-state index in [-0.39, 0.29) is 0 Å². The first kappa shape index (κ1) is 11.6. The zero-order chi connectivity index (χ0) is 9.90. The van der Waals surface area contributed by atoms with Crippen molar-refractivity contribution in [2.75, 3.05) is 13.1 Å². The predicted molar refractivity (Wildman–Crippen MR) is 62.5 cm³/mol. The molecule has 1 heterocycles. The summed E-state index contributed by atoms with van der Waals surface area (Å²) in [7, 11) is 0. The van der Waals surface area contributed by atoms with E-state index in [1.165, 1.54) is 57.9 Å². The molecule has 1 rings (SSSR count). The second-order valence-corrected chi connectivity index (χ2v) is 4.02. The molecule has 0 aromatic carbocycles. The van der Waals surface area contributed by atoms with Crippen LogP contribution in [0.5, 0.6) is 0 Å². The highest BCUT2D eigenvalue weighted by molar-refractivity contribution is 4.84. The summed E-state index contributed by atoms with van der Waals surface area (Å²) in [5, 5.41) is 3.48. The third-order valence-corrected chi connectivity index (χ3v) is 2.64. The molecule has 1 N–H and O–H groups in total. The second kappa shape index (κ2) is 9.05. The van der Waals surface area contributed by atoms with Crippen LogP contribution >= 0.6 is 0 Å². The lowest BCUT2D eigenvalue weighted by Crippen LogP contribution is -2.16. The molecule has 0 aromatic rings. The molecule has 1 aliphatic heterocycles. The first-order valence-corrected chi connectivity index (χ1v) is 6.10. The van der Waals surface area contributed by atoms with Crippen LogP contribution in [0.1, 0.15) is 51.4 Å². The fourth-order valence-corrected chi connectivity index (χ4v) is 1.73. The van der Waals surface area contributed by atoms with E-state index in [9.17, 15) is 0 Å². The monoisotopic (exact) mass is 193 g/mol. The summed E-state index contributed by atoms with van der Waals surface area (Å²) in [6.07, 6.45) is 14.9. The Labute approximate surface area is 88.3 Å². The number of nitrogens with one attached hydrogen (secondary N) is 1. The van der Waals surface area contributed by atoms with Gasteiger partial charge < -0.3 is 5.32 Å². The molecule has 0 bridgehead atoms. The van der Waals surface area contributed by atoms with Crippen molar-refractivity contribution in [2.45, 2.75) is 51.4 Å². The average Bonchev–Trinajstić information content (AvgIpc) is 2.22. The van der Waals surface area contributed by atoms with Gasteiger partial charge in [0.2, 0.25) is 0 Å². The van der Waals surface area contributed by atoms with Crippen molar-refractivity contribution in [3.8, 4) is 0 Å². The van der Waals surface area contributed by atoms with Crippen LogP contribution in [0.2, 0.25) is 0 Å². The van der Waals surface area contributed by atoms with Gasteiger partial charge in [0.15, 0.2) is 0 Å². The van der Waals surface area contributed by atoms with E-state index < -0.39 is 0 Å². The van der Waals surface area contributed by atoms with Gasteiger partial charge in [0.25, 0.3) is 0 Å². The van der Waals surface area contributed by atoms with Gasteiger partial charge in [-0.05, 0) is 57.3 Å². The van der Waals surface area contributed by atoms with Crippen LogP contribution in [-0.2, 0) is 0 Å². The van der Waals surface area contributed by atoms with Gasteiger partial charge >= 0.3 is 0 Å². The van der Waals surface area contributed by atoms with E-state index in [1.807, 2.05) is 0 Å².